The zero-order valence-electron chi connectivity index (χ0n) is 27.8. The first kappa shape index (κ1) is 40.6. The normalized spacial score (nSPS) is 12.4. The molecule has 0 heterocycles. The van der Waals surface area contributed by atoms with Gasteiger partial charge in [-0.2, -0.15) is 0 Å². The average Bonchev–Trinajstić information content (AvgIpc) is 2.96. The number of hydrogen-bond donors (Lipinski definition) is 1. The highest BCUT2D eigenvalue weighted by molar-refractivity contribution is 7.51. The summed E-state index contributed by atoms with van der Waals surface area (Å²) in [5.74, 6) is 0. The minimum absolute atomic E-state index is 0.433. The lowest BCUT2D eigenvalue weighted by atomic mass is 10.1. The molecule has 0 fully saturated rings. The molecule has 0 spiro atoms. The van der Waals surface area contributed by atoms with E-state index in [4.69, 9.17) is 14.6 Å². The monoisotopic (exact) mass is 598 g/mol. The second-order valence-electron chi connectivity index (χ2n) is 12.1. The fourth-order valence-corrected chi connectivity index (χ4v) is 5.96. The summed E-state index contributed by atoms with van der Waals surface area (Å²) < 4.78 is 23.0. The van der Waals surface area contributed by atoms with E-state index in [0.717, 1.165) is 25.7 Å². The van der Waals surface area contributed by atoms with Gasteiger partial charge in [0.05, 0.1) is 13.2 Å². The summed E-state index contributed by atoms with van der Waals surface area (Å²) in [6, 6.07) is 0. The van der Waals surface area contributed by atoms with Gasteiger partial charge in [-0.15, -0.1) is 0 Å². The molecule has 0 aliphatic rings. The predicted molar refractivity (Wildman–Crippen MR) is 183 cm³/mol. The van der Waals surface area contributed by atoms with Crippen molar-refractivity contribution in [3.8, 4) is 0 Å². The van der Waals surface area contributed by atoms with Crippen molar-refractivity contribution in [3.63, 3.8) is 0 Å². The lowest BCUT2D eigenvalue weighted by Gasteiger charge is -2.13. The number of unbranched alkanes of at least 4 members (excludes halogenated alkanes) is 24. The Balaban J connectivity index is 3.35. The Kier molecular flexibility index (Phi) is 33.7. The van der Waals surface area contributed by atoms with Crippen LogP contribution in [0.5, 0.6) is 0 Å². The molecule has 0 saturated carbocycles. The molecule has 41 heavy (non-hydrogen) atoms. The molecule has 0 radical (unpaired) electrons. The smallest absolute Gasteiger partial charge is 0.297 e. The van der Waals surface area contributed by atoms with Crippen LogP contribution < -0.4 is 5.50 Å². The van der Waals surface area contributed by atoms with Gasteiger partial charge in [-0.1, -0.05) is 154 Å². The van der Waals surface area contributed by atoms with Gasteiger partial charge in [0, 0.05) is 0 Å². The topological polar surface area (TPSA) is 61.5 Å². The van der Waals surface area contributed by atoms with Gasteiger partial charge in [0.1, 0.15) is 0 Å². The number of allylic oxidation sites excluding steroid dienone is 4. The van der Waals surface area contributed by atoms with Crippen LogP contribution in [-0.2, 0) is 13.6 Å². The van der Waals surface area contributed by atoms with Crippen molar-refractivity contribution in [3.05, 3.63) is 24.3 Å². The second kappa shape index (κ2) is 34.1. The van der Waals surface area contributed by atoms with E-state index in [1.54, 1.807) is 0 Å². The van der Waals surface area contributed by atoms with Crippen molar-refractivity contribution in [2.75, 3.05) is 13.2 Å². The van der Waals surface area contributed by atoms with Gasteiger partial charge in [-0.25, -0.2) is 10.1 Å². The lowest BCUT2D eigenvalue weighted by Crippen LogP contribution is -2.06. The molecule has 0 aliphatic carbocycles. The van der Waals surface area contributed by atoms with Gasteiger partial charge in [-0.05, 0) is 64.2 Å². The highest BCUT2D eigenvalue weighted by atomic mass is 31.2. The van der Waals surface area contributed by atoms with Gasteiger partial charge in [0.25, 0.3) is 0 Å². The van der Waals surface area contributed by atoms with Crippen LogP contribution in [0.3, 0.4) is 0 Å². The minimum atomic E-state index is -3.39. The minimum Gasteiger partial charge on any atom is -0.297 e. The molecule has 0 aromatic carbocycles. The van der Waals surface area contributed by atoms with Crippen molar-refractivity contribution >= 4 is 7.75 Å². The molecule has 0 unspecified atom stereocenters. The second-order valence-corrected chi connectivity index (χ2v) is 13.7. The standard InChI is InChI=1S/C36H72NO3P/c1-3-5-7-9-11-13-15-17-19-21-23-25-27-29-31-33-35-39-41(37,38)40-36-34-32-30-28-26-24-22-20-18-16-14-12-10-8-6-4-2/h17-20H,3-16,21-36H2,1-2H3,(H2,37,38)/b19-17-,20-18-. The zero-order valence-corrected chi connectivity index (χ0v) is 28.7. The van der Waals surface area contributed by atoms with Gasteiger partial charge in [0.15, 0.2) is 0 Å². The maximum atomic E-state index is 12.3. The first-order valence-corrected chi connectivity index (χ1v) is 19.7. The highest BCUT2D eigenvalue weighted by Crippen LogP contribution is 2.39. The quantitative estimate of drug-likeness (QED) is 0.0455. The van der Waals surface area contributed by atoms with Crippen molar-refractivity contribution < 1.29 is 13.6 Å². The molecule has 2 N–H and O–H groups in total. The molecule has 244 valence electrons. The van der Waals surface area contributed by atoms with E-state index in [1.807, 2.05) is 0 Å². The highest BCUT2D eigenvalue weighted by Gasteiger charge is 2.17. The molecule has 0 amide bonds. The maximum Gasteiger partial charge on any atom is 0.402 e. The SMILES string of the molecule is CCCCCCCC/C=C\CCCCCCCCOP(N)(=O)OCCCCCCCC/C=C\CCCCCCCC. The van der Waals surface area contributed by atoms with Crippen LogP contribution in [0, 0.1) is 0 Å². The summed E-state index contributed by atoms with van der Waals surface area (Å²) in [7, 11) is -3.39. The van der Waals surface area contributed by atoms with Crippen LogP contribution in [0.15, 0.2) is 24.3 Å². The van der Waals surface area contributed by atoms with Crippen LogP contribution >= 0.6 is 7.75 Å². The van der Waals surface area contributed by atoms with Crippen molar-refractivity contribution in [1.29, 1.82) is 0 Å². The third-order valence-electron chi connectivity index (χ3n) is 7.85. The first-order valence-electron chi connectivity index (χ1n) is 18.1. The first-order chi connectivity index (χ1) is 20.1. The Morgan fingerprint density at radius 1 is 0.415 bits per heavy atom. The molecule has 4 nitrogen and oxygen atoms in total. The van der Waals surface area contributed by atoms with E-state index in [9.17, 15) is 4.57 Å². The molecular formula is C36H72NO3P. The molecule has 0 aromatic rings. The summed E-state index contributed by atoms with van der Waals surface area (Å²) in [5.41, 5.74) is 5.75. The summed E-state index contributed by atoms with van der Waals surface area (Å²) in [6.07, 6.45) is 45.0. The van der Waals surface area contributed by atoms with E-state index in [0.29, 0.717) is 13.2 Å². The van der Waals surface area contributed by atoms with Crippen molar-refractivity contribution in [1.82, 2.24) is 0 Å². The molecule has 0 rings (SSSR count). The molecular weight excluding hydrogens is 525 g/mol. The largest absolute Gasteiger partial charge is 0.402 e. The van der Waals surface area contributed by atoms with Crippen LogP contribution in [-0.4, -0.2) is 13.2 Å². The van der Waals surface area contributed by atoms with Crippen LogP contribution in [0.4, 0.5) is 0 Å². The fourth-order valence-electron chi connectivity index (χ4n) is 5.12. The number of rotatable bonds is 34. The predicted octanol–water partition coefficient (Wildman–Crippen LogP) is 13.2. The van der Waals surface area contributed by atoms with Crippen molar-refractivity contribution in [2.45, 2.75) is 194 Å². The van der Waals surface area contributed by atoms with Gasteiger partial charge in [-0.3, -0.25) is 9.05 Å². The van der Waals surface area contributed by atoms with Crippen molar-refractivity contribution in [2.24, 2.45) is 5.50 Å². The molecule has 0 aliphatic heterocycles. The number of nitrogens with two attached hydrogens (primary N) is 1. The van der Waals surface area contributed by atoms with Gasteiger partial charge < -0.3 is 0 Å². The average molecular weight is 598 g/mol. The third kappa shape index (κ3) is 35.7. The fraction of sp³-hybridized carbons (Fsp3) is 0.889. The third-order valence-corrected chi connectivity index (χ3v) is 8.94. The van der Waals surface area contributed by atoms with Crippen LogP contribution in [0.2, 0.25) is 0 Å². The van der Waals surface area contributed by atoms with E-state index in [2.05, 4.69) is 38.2 Å². The molecule has 0 bridgehead atoms. The number of hydrogen-bond acceptors (Lipinski definition) is 3. The summed E-state index contributed by atoms with van der Waals surface area (Å²) >= 11 is 0. The molecule has 0 atom stereocenters. The van der Waals surface area contributed by atoms with E-state index < -0.39 is 7.75 Å². The van der Waals surface area contributed by atoms with E-state index in [1.165, 1.54) is 154 Å². The summed E-state index contributed by atoms with van der Waals surface area (Å²) in [5, 5.41) is 0. The Morgan fingerprint density at radius 2 is 0.659 bits per heavy atom. The Hall–Kier alpha value is -0.410. The Labute approximate surface area is 257 Å². The van der Waals surface area contributed by atoms with E-state index in [-0.39, 0.29) is 0 Å². The zero-order chi connectivity index (χ0) is 30.0. The molecule has 0 aromatic heterocycles. The van der Waals surface area contributed by atoms with Crippen LogP contribution in [0.25, 0.3) is 0 Å². The Bertz CT molecular complexity index is 560. The maximum absolute atomic E-state index is 12.3. The van der Waals surface area contributed by atoms with E-state index >= 15 is 0 Å². The Morgan fingerprint density at radius 3 is 0.951 bits per heavy atom. The molecule has 5 heteroatoms. The molecule has 0 saturated heterocycles. The lowest BCUT2D eigenvalue weighted by molar-refractivity contribution is 0.198. The van der Waals surface area contributed by atoms with Gasteiger partial charge >= 0.3 is 7.75 Å². The van der Waals surface area contributed by atoms with Gasteiger partial charge in [0.2, 0.25) is 0 Å². The van der Waals surface area contributed by atoms with Crippen LogP contribution in [0.1, 0.15) is 194 Å². The summed E-state index contributed by atoms with van der Waals surface area (Å²) in [4.78, 5) is 0. The summed E-state index contributed by atoms with van der Waals surface area (Å²) in [6.45, 7) is 5.41.